The zero-order valence-electron chi connectivity index (χ0n) is 14.9. The number of benzene rings is 1. The highest BCUT2D eigenvalue weighted by Gasteiger charge is 2.32. The van der Waals surface area contributed by atoms with E-state index >= 15 is 0 Å². The van der Waals surface area contributed by atoms with Crippen LogP contribution in [0.15, 0.2) is 35.3 Å². The maximum Gasteiger partial charge on any atom is 0.252 e. The number of hydrogen-bond acceptors (Lipinski definition) is 4. The zero-order chi connectivity index (χ0) is 18.4. The van der Waals surface area contributed by atoms with Crippen molar-refractivity contribution < 1.29 is 9.53 Å². The molecule has 2 N–H and O–H groups in total. The fraction of sp³-hybridized carbons (Fsp3) is 0.316. The minimum Gasteiger partial charge on any atom is -0.497 e. The van der Waals surface area contributed by atoms with E-state index in [1.54, 1.807) is 24.1 Å². The lowest BCUT2D eigenvalue weighted by Gasteiger charge is -2.24. The number of aromatic nitrogens is 3. The van der Waals surface area contributed by atoms with Crippen molar-refractivity contribution in [2.75, 3.05) is 12.4 Å². The maximum absolute atomic E-state index is 12.7. The molecule has 1 amide bonds. The lowest BCUT2D eigenvalue weighted by molar-refractivity contribution is -0.116. The molecule has 7 heteroatoms. The molecule has 26 heavy (non-hydrogen) atoms. The molecule has 2 aromatic heterocycles. The Morgan fingerprint density at radius 3 is 2.77 bits per heavy atom. The number of carbonyl (C=O) groups excluding carboxylic acids is 1. The summed E-state index contributed by atoms with van der Waals surface area (Å²) in [5.41, 5.74) is 1.97. The molecule has 0 saturated heterocycles. The van der Waals surface area contributed by atoms with Crippen LogP contribution in [0, 0.1) is 0 Å². The van der Waals surface area contributed by atoms with Gasteiger partial charge in [-0.25, -0.2) is 4.68 Å². The van der Waals surface area contributed by atoms with Crippen LogP contribution in [-0.2, 0) is 4.79 Å². The summed E-state index contributed by atoms with van der Waals surface area (Å²) < 4.78 is 7.05. The Hall–Kier alpha value is -3.09. The summed E-state index contributed by atoms with van der Waals surface area (Å²) in [7, 11) is 1.60. The normalized spacial score (nSPS) is 16.6. The van der Waals surface area contributed by atoms with Gasteiger partial charge in [0.25, 0.3) is 5.56 Å². The summed E-state index contributed by atoms with van der Waals surface area (Å²) in [6.45, 7) is 4.00. The zero-order valence-corrected chi connectivity index (χ0v) is 14.9. The van der Waals surface area contributed by atoms with Gasteiger partial charge in [0, 0.05) is 40.4 Å². The highest BCUT2D eigenvalue weighted by Crippen LogP contribution is 2.37. The number of fused-ring (bicyclic) bond motifs is 2. The topological polar surface area (TPSA) is 89.0 Å². The lowest BCUT2D eigenvalue weighted by atomic mass is 9.87. The largest absolute Gasteiger partial charge is 0.497 e. The van der Waals surface area contributed by atoms with E-state index in [0.717, 1.165) is 16.5 Å². The number of nitrogens with one attached hydrogen (secondary N) is 2. The van der Waals surface area contributed by atoms with Crippen LogP contribution in [0.1, 0.15) is 43.4 Å². The molecule has 1 aliphatic rings. The van der Waals surface area contributed by atoms with Crippen molar-refractivity contribution in [2.45, 2.75) is 32.2 Å². The molecule has 0 aliphatic carbocycles. The van der Waals surface area contributed by atoms with Gasteiger partial charge in [0.1, 0.15) is 11.6 Å². The quantitative estimate of drug-likeness (QED) is 0.758. The van der Waals surface area contributed by atoms with Gasteiger partial charge >= 0.3 is 0 Å². The highest BCUT2D eigenvalue weighted by molar-refractivity contribution is 5.94. The van der Waals surface area contributed by atoms with Crippen LogP contribution in [0.4, 0.5) is 5.82 Å². The van der Waals surface area contributed by atoms with Gasteiger partial charge in [-0.1, -0.05) is 0 Å². The molecular formula is C19H20N4O3. The van der Waals surface area contributed by atoms with Gasteiger partial charge in [-0.3, -0.25) is 9.59 Å². The molecule has 4 rings (SSSR count). The summed E-state index contributed by atoms with van der Waals surface area (Å²) in [6, 6.07) is 7.44. The molecule has 0 saturated carbocycles. The Bertz CT molecular complexity index is 1060. The SMILES string of the molecule is COc1ccc2[nH]c(=O)c([C@H]3CC(=O)Nc4c3cnn4C(C)C)cc2c1. The summed E-state index contributed by atoms with van der Waals surface area (Å²) in [4.78, 5) is 27.9. The molecule has 1 aliphatic heterocycles. The number of rotatable bonds is 3. The Balaban J connectivity index is 1.89. The minimum atomic E-state index is -0.328. The van der Waals surface area contributed by atoms with Crippen LogP contribution in [0.5, 0.6) is 5.75 Å². The highest BCUT2D eigenvalue weighted by atomic mass is 16.5. The van der Waals surface area contributed by atoms with E-state index in [1.807, 2.05) is 32.0 Å². The number of ether oxygens (including phenoxy) is 1. The first kappa shape index (κ1) is 16.4. The van der Waals surface area contributed by atoms with Crippen molar-refractivity contribution in [2.24, 2.45) is 0 Å². The number of pyridine rings is 1. The average molecular weight is 352 g/mol. The Kier molecular flexibility index (Phi) is 3.79. The first-order valence-electron chi connectivity index (χ1n) is 8.56. The van der Waals surface area contributed by atoms with E-state index < -0.39 is 0 Å². The van der Waals surface area contributed by atoms with Gasteiger partial charge in [0.2, 0.25) is 5.91 Å². The van der Waals surface area contributed by atoms with E-state index in [9.17, 15) is 9.59 Å². The second-order valence-corrected chi connectivity index (χ2v) is 6.80. The van der Waals surface area contributed by atoms with Crippen molar-refractivity contribution >= 4 is 22.6 Å². The summed E-state index contributed by atoms with van der Waals surface area (Å²) in [5, 5.41) is 8.15. The first-order valence-corrected chi connectivity index (χ1v) is 8.56. The number of amides is 1. The van der Waals surface area contributed by atoms with Crippen LogP contribution < -0.4 is 15.6 Å². The van der Waals surface area contributed by atoms with Crippen molar-refractivity contribution in [3.05, 3.63) is 51.9 Å². The number of carbonyl (C=O) groups is 1. The monoisotopic (exact) mass is 352 g/mol. The third kappa shape index (κ3) is 2.56. The molecule has 134 valence electrons. The summed E-state index contributed by atoms with van der Waals surface area (Å²) >= 11 is 0. The predicted octanol–water partition coefficient (Wildman–Crippen LogP) is 2.79. The number of nitrogens with zero attached hydrogens (tertiary/aromatic N) is 2. The molecule has 0 fully saturated rings. The van der Waals surface area contributed by atoms with Crippen LogP contribution in [-0.4, -0.2) is 27.8 Å². The van der Waals surface area contributed by atoms with Gasteiger partial charge in [0.05, 0.1) is 13.3 Å². The van der Waals surface area contributed by atoms with Gasteiger partial charge in [-0.15, -0.1) is 0 Å². The number of methoxy groups -OCH3 is 1. The number of aromatic amines is 1. The van der Waals surface area contributed by atoms with Crippen molar-refractivity contribution in [3.63, 3.8) is 0 Å². The maximum atomic E-state index is 12.7. The van der Waals surface area contributed by atoms with Crippen LogP contribution in [0.3, 0.4) is 0 Å². The smallest absolute Gasteiger partial charge is 0.252 e. The average Bonchev–Trinajstić information content (AvgIpc) is 3.04. The van der Waals surface area contributed by atoms with Crippen LogP contribution >= 0.6 is 0 Å². The third-order valence-electron chi connectivity index (χ3n) is 4.79. The van der Waals surface area contributed by atoms with Gasteiger partial charge in [-0.05, 0) is 38.1 Å². The molecule has 3 aromatic rings. The molecule has 0 unspecified atom stereocenters. The molecule has 1 atom stereocenters. The van der Waals surface area contributed by atoms with Gasteiger partial charge in [0.15, 0.2) is 0 Å². The van der Waals surface area contributed by atoms with Gasteiger partial charge < -0.3 is 15.0 Å². The van der Waals surface area contributed by atoms with Gasteiger partial charge in [-0.2, -0.15) is 5.10 Å². The van der Waals surface area contributed by atoms with E-state index in [2.05, 4.69) is 15.4 Å². The second kappa shape index (κ2) is 6.01. The molecule has 0 spiro atoms. The first-order chi connectivity index (χ1) is 12.5. The standard InChI is InChI=1S/C19H20N4O3/c1-10(2)23-18-15(9-20-23)13(8-17(24)22-18)14-7-11-6-12(26-3)4-5-16(11)21-19(14)25/h4-7,9-10,13H,8H2,1-3H3,(H,21,25)(H,22,24)/t13-/m1/s1. The second-order valence-electron chi connectivity index (χ2n) is 6.80. The fourth-order valence-corrected chi connectivity index (χ4v) is 3.49. The molecule has 0 radical (unpaired) electrons. The Morgan fingerprint density at radius 1 is 1.23 bits per heavy atom. The van der Waals surface area contributed by atoms with E-state index in [4.69, 9.17) is 4.74 Å². The third-order valence-corrected chi connectivity index (χ3v) is 4.79. The summed E-state index contributed by atoms with van der Waals surface area (Å²) in [5.74, 6) is 0.942. The molecule has 0 bridgehead atoms. The number of H-pyrrole nitrogens is 1. The Morgan fingerprint density at radius 2 is 2.04 bits per heavy atom. The number of hydrogen-bond donors (Lipinski definition) is 2. The minimum absolute atomic E-state index is 0.108. The predicted molar refractivity (Wildman–Crippen MR) is 98.8 cm³/mol. The number of anilines is 1. The van der Waals surface area contributed by atoms with E-state index in [-0.39, 0.29) is 29.8 Å². The summed E-state index contributed by atoms with van der Waals surface area (Å²) in [6.07, 6.45) is 1.96. The van der Waals surface area contributed by atoms with Crippen LogP contribution in [0.25, 0.3) is 10.9 Å². The van der Waals surface area contributed by atoms with E-state index in [0.29, 0.717) is 17.1 Å². The molecule has 1 aromatic carbocycles. The Labute approximate surface area is 150 Å². The van der Waals surface area contributed by atoms with E-state index in [1.165, 1.54) is 0 Å². The molecular weight excluding hydrogens is 332 g/mol. The molecule has 3 heterocycles. The fourth-order valence-electron chi connectivity index (χ4n) is 3.49. The lowest BCUT2D eigenvalue weighted by Crippen LogP contribution is -2.28. The van der Waals surface area contributed by atoms with Crippen molar-refractivity contribution in [1.82, 2.24) is 14.8 Å². The van der Waals surface area contributed by atoms with Crippen molar-refractivity contribution in [1.29, 1.82) is 0 Å². The van der Waals surface area contributed by atoms with Crippen molar-refractivity contribution in [3.8, 4) is 5.75 Å². The van der Waals surface area contributed by atoms with Crippen LogP contribution in [0.2, 0.25) is 0 Å². The molecule has 7 nitrogen and oxygen atoms in total.